The van der Waals surface area contributed by atoms with Crippen LogP contribution in [0.25, 0.3) is 11.1 Å². The maximum atomic E-state index is 3.53. The quantitative estimate of drug-likeness (QED) is 0.539. The Kier molecular flexibility index (Phi) is 7.17. The molecule has 0 unspecified atom stereocenters. The third kappa shape index (κ3) is 7.47. The van der Waals surface area contributed by atoms with Gasteiger partial charge in [0, 0.05) is 4.47 Å². The van der Waals surface area contributed by atoms with E-state index in [-0.39, 0.29) is 0 Å². The molecule has 2 aromatic carbocycles. The molecule has 0 aromatic heterocycles. The van der Waals surface area contributed by atoms with Crippen LogP contribution in [0, 0.1) is 11.3 Å². The predicted molar refractivity (Wildman–Crippen MR) is 98.5 cm³/mol. The Morgan fingerprint density at radius 1 is 0.857 bits per heavy atom. The minimum absolute atomic E-state index is 0.522. The molecule has 0 amide bonds. The summed E-state index contributed by atoms with van der Waals surface area (Å²) >= 11 is 3.53. The van der Waals surface area contributed by atoms with E-state index in [2.05, 4.69) is 86.9 Å². The highest BCUT2D eigenvalue weighted by Gasteiger charge is 2.11. The summed E-state index contributed by atoms with van der Waals surface area (Å²) in [5.41, 5.74) is 3.01. The first kappa shape index (κ1) is 18.0. The van der Waals surface area contributed by atoms with Crippen LogP contribution in [0.3, 0.4) is 0 Å². The van der Waals surface area contributed by atoms with E-state index in [1.807, 2.05) is 18.2 Å². The van der Waals surface area contributed by atoms with Gasteiger partial charge in [0.15, 0.2) is 0 Å². The van der Waals surface area contributed by atoms with Gasteiger partial charge in [-0.25, -0.2) is 0 Å². The smallest absolute Gasteiger partial charge is 0.0253 e. The normalized spacial score (nSPS) is 11.0. The van der Waals surface area contributed by atoms with Crippen LogP contribution in [0.5, 0.6) is 0 Å². The van der Waals surface area contributed by atoms with Crippen molar-refractivity contribution in [1.82, 2.24) is 0 Å². The number of benzene rings is 2. The van der Waals surface area contributed by atoms with Gasteiger partial charge in [0.2, 0.25) is 0 Å². The molecule has 0 bridgehead atoms. The molecule has 0 aliphatic carbocycles. The van der Waals surface area contributed by atoms with Crippen molar-refractivity contribution in [3.05, 3.63) is 59.1 Å². The summed E-state index contributed by atoms with van der Waals surface area (Å²) in [6, 6.07) is 18.6. The van der Waals surface area contributed by atoms with E-state index in [4.69, 9.17) is 0 Å². The number of hydrogen-bond acceptors (Lipinski definition) is 0. The van der Waals surface area contributed by atoms with E-state index in [1.54, 1.807) is 0 Å². The number of hydrogen-bond donors (Lipinski definition) is 0. The fourth-order valence-electron chi connectivity index (χ4n) is 2.54. The zero-order valence-corrected chi connectivity index (χ0v) is 15.4. The van der Waals surface area contributed by atoms with Gasteiger partial charge < -0.3 is 0 Å². The van der Waals surface area contributed by atoms with Gasteiger partial charge in [-0.3, -0.25) is 0 Å². The van der Waals surface area contributed by atoms with Crippen LogP contribution >= 0.6 is 15.9 Å². The fourth-order valence-corrected chi connectivity index (χ4v) is 3.05. The summed E-state index contributed by atoms with van der Waals surface area (Å²) in [4.78, 5) is 0. The lowest BCUT2D eigenvalue weighted by molar-refractivity contribution is 0.320. The first-order valence-corrected chi connectivity index (χ1v) is 8.39. The molecule has 0 aliphatic heterocycles. The summed E-state index contributed by atoms with van der Waals surface area (Å²) < 4.78 is 1.14. The van der Waals surface area contributed by atoms with Crippen LogP contribution in [0.2, 0.25) is 0 Å². The molecular weight excluding hydrogens is 320 g/mol. The van der Waals surface area contributed by atoms with Crippen molar-refractivity contribution >= 4 is 15.9 Å². The van der Waals surface area contributed by atoms with E-state index in [9.17, 15) is 0 Å². The Balaban J connectivity index is 0.000000240. The molecule has 0 fully saturated rings. The van der Waals surface area contributed by atoms with Gasteiger partial charge in [-0.05, 0) is 34.9 Å². The van der Waals surface area contributed by atoms with Crippen molar-refractivity contribution in [2.45, 2.75) is 41.0 Å². The van der Waals surface area contributed by atoms with Gasteiger partial charge in [0.25, 0.3) is 0 Å². The zero-order chi connectivity index (χ0) is 15.9. The average molecular weight is 347 g/mol. The third-order valence-electron chi connectivity index (χ3n) is 2.98. The van der Waals surface area contributed by atoms with Gasteiger partial charge in [-0.15, -0.1) is 0 Å². The lowest BCUT2D eigenvalue weighted by Gasteiger charge is -2.19. The first-order chi connectivity index (χ1) is 9.79. The van der Waals surface area contributed by atoms with Crippen LogP contribution in [0.15, 0.2) is 59.1 Å². The van der Waals surface area contributed by atoms with Gasteiger partial charge in [0.1, 0.15) is 0 Å². The van der Waals surface area contributed by atoms with E-state index >= 15 is 0 Å². The molecule has 0 heterocycles. The second-order valence-corrected chi connectivity index (χ2v) is 7.86. The Morgan fingerprint density at radius 2 is 1.38 bits per heavy atom. The van der Waals surface area contributed by atoms with E-state index in [0.29, 0.717) is 5.41 Å². The molecule has 0 aliphatic rings. The van der Waals surface area contributed by atoms with Crippen molar-refractivity contribution in [3.8, 4) is 11.1 Å². The summed E-state index contributed by atoms with van der Waals surface area (Å²) in [6.07, 6.45) is 1.33. The summed E-state index contributed by atoms with van der Waals surface area (Å²) in [5.74, 6) is 0.843. The molecule has 0 N–H and O–H groups in total. The van der Waals surface area contributed by atoms with Crippen LogP contribution in [-0.2, 0) is 0 Å². The lowest BCUT2D eigenvalue weighted by Crippen LogP contribution is -2.08. The van der Waals surface area contributed by atoms with Crippen molar-refractivity contribution in [2.24, 2.45) is 11.3 Å². The average Bonchev–Trinajstić information content (AvgIpc) is 2.38. The molecule has 0 saturated carbocycles. The highest BCUT2D eigenvalue weighted by molar-refractivity contribution is 9.10. The standard InChI is InChI=1S/C12H9Br.C8H18/c13-12-9-5-4-8-11(12)10-6-2-1-3-7-10;1-7(2)6-8(3,4)5/h1-9H;7H,6H2,1-5H3. The third-order valence-corrected chi connectivity index (χ3v) is 3.67. The Hall–Kier alpha value is -1.08. The Labute approximate surface area is 138 Å². The molecule has 2 aromatic rings. The lowest BCUT2D eigenvalue weighted by atomic mass is 9.86. The van der Waals surface area contributed by atoms with E-state index in [1.165, 1.54) is 17.5 Å². The van der Waals surface area contributed by atoms with E-state index in [0.717, 1.165) is 10.4 Å². The first-order valence-electron chi connectivity index (χ1n) is 7.59. The highest BCUT2D eigenvalue weighted by atomic mass is 79.9. The molecule has 0 spiro atoms. The fraction of sp³-hybridized carbons (Fsp3) is 0.400. The van der Waals surface area contributed by atoms with Crippen LogP contribution in [0.4, 0.5) is 0 Å². The predicted octanol–water partition coefficient (Wildman–Crippen LogP) is 7.19. The topological polar surface area (TPSA) is 0 Å². The zero-order valence-electron chi connectivity index (χ0n) is 13.9. The van der Waals surface area contributed by atoms with Gasteiger partial charge in [-0.1, -0.05) is 99.1 Å². The molecule has 0 atom stereocenters. The van der Waals surface area contributed by atoms with Crippen molar-refractivity contribution in [2.75, 3.05) is 0 Å². The van der Waals surface area contributed by atoms with Crippen LogP contribution in [0.1, 0.15) is 41.0 Å². The van der Waals surface area contributed by atoms with Gasteiger partial charge in [-0.2, -0.15) is 0 Å². The number of halogens is 1. The van der Waals surface area contributed by atoms with Gasteiger partial charge in [0.05, 0.1) is 0 Å². The molecule has 2 rings (SSSR count). The maximum absolute atomic E-state index is 3.53. The molecule has 114 valence electrons. The second kappa shape index (κ2) is 8.38. The van der Waals surface area contributed by atoms with Crippen LogP contribution < -0.4 is 0 Å². The monoisotopic (exact) mass is 346 g/mol. The largest absolute Gasteiger partial charge is 0.0628 e. The van der Waals surface area contributed by atoms with E-state index < -0.39 is 0 Å². The van der Waals surface area contributed by atoms with Crippen molar-refractivity contribution < 1.29 is 0 Å². The Bertz CT molecular complexity index is 521. The van der Waals surface area contributed by atoms with Gasteiger partial charge >= 0.3 is 0 Å². The molecule has 0 radical (unpaired) electrons. The highest BCUT2D eigenvalue weighted by Crippen LogP contribution is 2.27. The SMILES string of the molecule is Brc1ccccc1-c1ccccc1.CC(C)CC(C)(C)C. The summed E-state index contributed by atoms with van der Waals surface area (Å²) in [5, 5.41) is 0. The molecule has 21 heavy (non-hydrogen) atoms. The minimum Gasteiger partial charge on any atom is -0.0628 e. The van der Waals surface area contributed by atoms with Crippen LogP contribution in [-0.4, -0.2) is 0 Å². The molecule has 1 heteroatoms. The number of rotatable bonds is 2. The molecule has 0 nitrogen and oxygen atoms in total. The molecule has 0 saturated heterocycles. The van der Waals surface area contributed by atoms with Crippen molar-refractivity contribution in [1.29, 1.82) is 0 Å². The second-order valence-electron chi connectivity index (χ2n) is 7.00. The summed E-state index contributed by atoms with van der Waals surface area (Å²) in [6.45, 7) is 11.4. The maximum Gasteiger partial charge on any atom is 0.0253 e. The minimum atomic E-state index is 0.522. The summed E-state index contributed by atoms with van der Waals surface area (Å²) in [7, 11) is 0. The Morgan fingerprint density at radius 3 is 1.81 bits per heavy atom. The molecular formula is C20H27Br. The van der Waals surface area contributed by atoms with Crippen molar-refractivity contribution in [3.63, 3.8) is 0 Å².